The SMILES string of the molecule is COC(=O)CCSc1cc(Br)ccc1CNC(C)C. The number of ether oxygens (including phenoxy) is 1. The number of methoxy groups -OCH3 is 1. The van der Waals surface area contributed by atoms with Crippen LogP contribution < -0.4 is 5.32 Å². The van der Waals surface area contributed by atoms with Crippen molar-refractivity contribution in [3.8, 4) is 0 Å². The minimum absolute atomic E-state index is 0.163. The summed E-state index contributed by atoms with van der Waals surface area (Å²) < 4.78 is 5.70. The standard InChI is InChI=1S/C14H20BrNO2S/c1-10(2)16-9-11-4-5-12(15)8-13(11)19-7-6-14(17)18-3/h4-5,8,10,16H,6-7,9H2,1-3H3. The summed E-state index contributed by atoms with van der Waals surface area (Å²) in [5, 5.41) is 3.41. The molecule has 1 aromatic rings. The van der Waals surface area contributed by atoms with Crippen molar-refractivity contribution in [3.63, 3.8) is 0 Å². The summed E-state index contributed by atoms with van der Waals surface area (Å²) in [6, 6.07) is 6.71. The van der Waals surface area contributed by atoms with Gasteiger partial charge in [-0.2, -0.15) is 0 Å². The van der Waals surface area contributed by atoms with Crippen LogP contribution in [0.15, 0.2) is 27.6 Å². The molecule has 0 fully saturated rings. The highest BCUT2D eigenvalue weighted by atomic mass is 79.9. The second kappa shape index (κ2) is 8.61. The molecule has 0 spiro atoms. The van der Waals surface area contributed by atoms with Gasteiger partial charge in [0.05, 0.1) is 13.5 Å². The largest absolute Gasteiger partial charge is 0.469 e. The van der Waals surface area contributed by atoms with E-state index >= 15 is 0 Å². The van der Waals surface area contributed by atoms with Crippen LogP contribution in [0.3, 0.4) is 0 Å². The van der Waals surface area contributed by atoms with Crippen LogP contribution in [0.4, 0.5) is 0 Å². The number of thioether (sulfide) groups is 1. The molecule has 3 nitrogen and oxygen atoms in total. The summed E-state index contributed by atoms with van der Waals surface area (Å²) in [5.41, 5.74) is 1.26. The first-order valence-electron chi connectivity index (χ1n) is 6.24. The van der Waals surface area contributed by atoms with E-state index in [0.29, 0.717) is 12.5 Å². The average molecular weight is 346 g/mol. The van der Waals surface area contributed by atoms with Crippen molar-refractivity contribution in [2.45, 2.75) is 37.8 Å². The molecule has 0 amide bonds. The van der Waals surface area contributed by atoms with Gasteiger partial charge in [-0.25, -0.2) is 0 Å². The van der Waals surface area contributed by atoms with E-state index in [4.69, 9.17) is 0 Å². The fourth-order valence-corrected chi connectivity index (χ4v) is 3.01. The Balaban J connectivity index is 2.63. The molecule has 1 aromatic carbocycles. The summed E-state index contributed by atoms with van der Waals surface area (Å²) in [6.07, 6.45) is 0.435. The third-order valence-corrected chi connectivity index (χ3v) is 4.11. The van der Waals surface area contributed by atoms with Gasteiger partial charge in [0, 0.05) is 27.7 Å². The number of hydrogen-bond acceptors (Lipinski definition) is 4. The maximum atomic E-state index is 11.1. The first-order chi connectivity index (χ1) is 9.02. The quantitative estimate of drug-likeness (QED) is 0.605. The molecule has 0 saturated carbocycles. The van der Waals surface area contributed by atoms with Crippen molar-refractivity contribution in [2.24, 2.45) is 0 Å². The molecule has 5 heteroatoms. The first kappa shape index (κ1) is 16.5. The average Bonchev–Trinajstić information content (AvgIpc) is 2.37. The molecule has 0 radical (unpaired) electrons. The molecule has 0 unspecified atom stereocenters. The van der Waals surface area contributed by atoms with Gasteiger partial charge in [0.25, 0.3) is 0 Å². The predicted molar refractivity (Wildman–Crippen MR) is 83.5 cm³/mol. The Kier molecular flexibility index (Phi) is 7.49. The van der Waals surface area contributed by atoms with Gasteiger partial charge in [-0.15, -0.1) is 11.8 Å². The molecule has 0 bridgehead atoms. The maximum absolute atomic E-state index is 11.1. The molecule has 1 N–H and O–H groups in total. The lowest BCUT2D eigenvalue weighted by Gasteiger charge is -2.12. The van der Waals surface area contributed by atoms with E-state index in [-0.39, 0.29) is 5.97 Å². The summed E-state index contributed by atoms with van der Waals surface area (Å²) >= 11 is 5.17. The van der Waals surface area contributed by atoms with E-state index in [1.807, 2.05) is 6.07 Å². The Morgan fingerprint density at radius 3 is 2.84 bits per heavy atom. The maximum Gasteiger partial charge on any atom is 0.306 e. The van der Waals surface area contributed by atoms with E-state index in [2.05, 4.69) is 52.0 Å². The van der Waals surface area contributed by atoms with E-state index in [0.717, 1.165) is 16.8 Å². The number of nitrogens with one attached hydrogen (secondary N) is 1. The fraction of sp³-hybridized carbons (Fsp3) is 0.500. The molecule has 0 aliphatic heterocycles. The zero-order valence-corrected chi connectivity index (χ0v) is 13.9. The van der Waals surface area contributed by atoms with E-state index in [1.54, 1.807) is 11.8 Å². The Hall–Kier alpha value is -0.520. The van der Waals surface area contributed by atoms with Gasteiger partial charge in [-0.3, -0.25) is 4.79 Å². The number of carbonyl (C=O) groups is 1. The van der Waals surface area contributed by atoms with Crippen LogP contribution >= 0.6 is 27.7 Å². The predicted octanol–water partition coefficient (Wildman–Crippen LogP) is 3.60. The Labute approximate surface area is 127 Å². The highest BCUT2D eigenvalue weighted by Gasteiger charge is 2.07. The zero-order chi connectivity index (χ0) is 14.3. The number of carbonyl (C=O) groups excluding carboxylic acids is 1. The molecule has 0 aliphatic rings. The highest BCUT2D eigenvalue weighted by Crippen LogP contribution is 2.27. The van der Waals surface area contributed by atoms with Crippen molar-refractivity contribution < 1.29 is 9.53 Å². The molecule has 0 aliphatic carbocycles. The van der Waals surface area contributed by atoms with Crippen LogP contribution in [0.25, 0.3) is 0 Å². The van der Waals surface area contributed by atoms with Crippen LogP contribution in [-0.4, -0.2) is 24.9 Å². The van der Waals surface area contributed by atoms with Crippen molar-refractivity contribution in [1.29, 1.82) is 0 Å². The van der Waals surface area contributed by atoms with Gasteiger partial charge in [0.15, 0.2) is 0 Å². The van der Waals surface area contributed by atoms with Crippen LogP contribution in [0.2, 0.25) is 0 Å². The summed E-state index contributed by atoms with van der Waals surface area (Å²) in [4.78, 5) is 12.3. The normalized spacial score (nSPS) is 10.8. The molecular formula is C14H20BrNO2S. The van der Waals surface area contributed by atoms with Gasteiger partial charge in [-0.1, -0.05) is 35.8 Å². The lowest BCUT2D eigenvalue weighted by Crippen LogP contribution is -2.22. The minimum Gasteiger partial charge on any atom is -0.469 e. The van der Waals surface area contributed by atoms with Crippen molar-refractivity contribution in [1.82, 2.24) is 5.32 Å². The number of rotatable bonds is 7. The molecule has 106 valence electrons. The summed E-state index contributed by atoms with van der Waals surface area (Å²) in [6.45, 7) is 5.09. The molecule has 0 aromatic heterocycles. The third-order valence-electron chi connectivity index (χ3n) is 2.52. The lowest BCUT2D eigenvalue weighted by atomic mass is 10.2. The van der Waals surface area contributed by atoms with Crippen LogP contribution in [0, 0.1) is 0 Å². The van der Waals surface area contributed by atoms with E-state index < -0.39 is 0 Å². The molecular weight excluding hydrogens is 326 g/mol. The van der Waals surface area contributed by atoms with Crippen LogP contribution in [0.5, 0.6) is 0 Å². The fourth-order valence-electron chi connectivity index (χ4n) is 1.47. The third kappa shape index (κ3) is 6.45. The van der Waals surface area contributed by atoms with Gasteiger partial charge in [0.1, 0.15) is 0 Å². The van der Waals surface area contributed by atoms with E-state index in [9.17, 15) is 4.79 Å². The van der Waals surface area contributed by atoms with Gasteiger partial charge >= 0.3 is 5.97 Å². The first-order valence-corrected chi connectivity index (χ1v) is 8.02. The molecule has 1 rings (SSSR count). The smallest absolute Gasteiger partial charge is 0.306 e. The van der Waals surface area contributed by atoms with Crippen molar-refractivity contribution in [3.05, 3.63) is 28.2 Å². The second-order valence-electron chi connectivity index (χ2n) is 4.46. The van der Waals surface area contributed by atoms with E-state index in [1.165, 1.54) is 17.6 Å². The molecule has 19 heavy (non-hydrogen) atoms. The molecule has 0 atom stereocenters. The van der Waals surface area contributed by atoms with Gasteiger partial charge in [0.2, 0.25) is 0 Å². The minimum atomic E-state index is -0.163. The number of halogens is 1. The van der Waals surface area contributed by atoms with Gasteiger partial charge < -0.3 is 10.1 Å². The van der Waals surface area contributed by atoms with Crippen molar-refractivity contribution in [2.75, 3.05) is 12.9 Å². The summed E-state index contributed by atoms with van der Waals surface area (Å²) in [7, 11) is 1.42. The Bertz CT molecular complexity index is 424. The zero-order valence-electron chi connectivity index (χ0n) is 11.5. The number of benzene rings is 1. The number of hydrogen-bond donors (Lipinski definition) is 1. The number of esters is 1. The lowest BCUT2D eigenvalue weighted by molar-refractivity contribution is -0.140. The Morgan fingerprint density at radius 2 is 2.21 bits per heavy atom. The van der Waals surface area contributed by atoms with Gasteiger partial charge in [-0.05, 0) is 17.7 Å². The monoisotopic (exact) mass is 345 g/mol. The summed E-state index contributed by atoms with van der Waals surface area (Å²) in [5.74, 6) is 0.571. The van der Waals surface area contributed by atoms with Crippen LogP contribution in [-0.2, 0) is 16.1 Å². The molecule has 0 heterocycles. The second-order valence-corrected chi connectivity index (χ2v) is 6.51. The van der Waals surface area contributed by atoms with Crippen molar-refractivity contribution >= 4 is 33.7 Å². The molecule has 0 saturated heterocycles. The van der Waals surface area contributed by atoms with Crippen LogP contribution in [0.1, 0.15) is 25.8 Å². The topological polar surface area (TPSA) is 38.3 Å². The highest BCUT2D eigenvalue weighted by molar-refractivity contribution is 9.10. The Morgan fingerprint density at radius 1 is 1.47 bits per heavy atom.